The van der Waals surface area contributed by atoms with E-state index in [-0.39, 0.29) is 24.6 Å². The summed E-state index contributed by atoms with van der Waals surface area (Å²) in [4.78, 5) is 32.1. The van der Waals surface area contributed by atoms with Gasteiger partial charge in [-0.05, 0) is 75.4 Å². The van der Waals surface area contributed by atoms with E-state index < -0.39 is 6.09 Å². The van der Waals surface area contributed by atoms with Crippen LogP contribution in [-0.4, -0.2) is 73.5 Å². The number of fused-ring (bicyclic) bond motifs is 1. The van der Waals surface area contributed by atoms with Crippen molar-refractivity contribution in [3.63, 3.8) is 0 Å². The molecule has 0 spiro atoms. The van der Waals surface area contributed by atoms with Crippen molar-refractivity contribution in [1.29, 1.82) is 0 Å². The normalized spacial score (nSPS) is 15.5. The van der Waals surface area contributed by atoms with Crippen LogP contribution in [0.25, 0.3) is 5.52 Å². The second kappa shape index (κ2) is 11.7. The van der Waals surface area contributed by atoms with Gasteiger partial charge in [-0.2, -0.15) is 5.10 Å². The molecule has 3 aromatic heterocycles. The summed E-state index contributed by atoms with van der Waals surface area (Å²) >= 11 is 1.42. The van der Waals surface area contributed by atoms with E-state index in [1.165, 1.54) is 11.8 Å². The topological polar surface area (TPSA) is 142 Å². The van der Waals surface area contributed by atoms with Crippen molar-refractivity contribution in [2.45, 2.75) is 49.4 Å². The third kappa shape index (κ3) is 7.06. The zero-order chi connectivity index (χ0) is 27.4. The Bertz CT molecular complexity index is 1450. The fourth-order valence-corrected chi connectivity index (χ4v) is 5.03. The summed E-state index contributed by atoms with van der Waals surface area (Å²) in [6.07, 6.45) is 2.07. The Labute approximate surface area is 229 Å². The zero-order valence-corrected chi connectivity index (χ0v) is 22.8. The molecule has 2 amide bonds. The van der Waals surface area contributed by atoms with Gasteiger partial charge in [0.1, 0.15) is 5.52 Å². The van der Waals surface area contributed by atoms with Gasteiger partial charge < -0.3 is 20.7 Å². The Morgan fingerprint density at radius 2 is 2.05 bits per heavy atom. The molecule has 1 aliphatic heterocycles. The van der Waals surface area contributed by atoms with E-state index in [4.69, 9.17) is 9.72 Å². The van der Waals surface area contributed by atoms with Gasteiger partial charge in [0.15, 0.2) is 11.6 Å². The van der Waals surface area contributed by atoms with E-state index in [0.29, 0.717) is 29.0 Å². The lowest BCUT2D eigenvalue weighted by Crippen LogP contribution is -2.39. The number of nitrogens with zero attached hydrogens (tertiary/aromatic N) is 5. The standard InChI is InChI=1S/C26H31N9O3S/c1-16(2)38-26(37)28-19-10-12-34(14-19)15-23(36)27-18-6-8-20(9-7-18)39-25-30-24(21-5-4-11-35(21)33-25)29-22-13-17(3)31-32-22/h4-9,11,13,16,19H,10,12,14-15H2,1-3H3,(H,27,36)(H,28,37)(H2,29,30,31,32,33). The van der Waals surface area contributed by atoms with Gasteiger partial charge in [-0.25, -0.2) is 14.3 Å². The van der Waals surface area contributed by atoms with E-state index in [1.54, 1.807) is 4.52 Å². The number of rotatable bonds is 9. The minimum atomic E-state index is -0.418. The number of nitrogens with one attached hydrogen (secondary N) is 4. The maximum Gasteiger partial charge on any atom is 0.407 e. The number of hydrogen-bond donors (Lipinski definition) is 4. The first-order valence-corrected chi connectivity index (χ1v) is 13.5. The summed E-state index contributed by atoms with van der Waals surface area (Å²) in [5.74, 6) is 1.23. The minimum Gasteiger partial charge on any atom is -0.447 e. The van der Waals surface area contributed by atoms with Crippen molar-refractivity contribution in [2.24, 2.45) is 0 Å². The molecule has 4 heterocycles. The van der Waals surface area contributed by atoms with Gasteiger partial charge in [0.2, 0.25) is 11.1 Å². The number of aryl methyl sites for hydroxylation is 1. The van der Waals surface area contributed by atoms with Crippen molar-refractivity contribution in [2.75, 3.05) is 30.3 Å². The molecular weight excluding hydrogens is 518 g/mol. The first-order chi connectivity index (χ1) is 18.8. The zero-order valence-electron chi connectivity index (χ0n) is 22.0. The summed E-state index contributed by atoms with van der Waals surface area (Å²) in [6, 6.07) is 13.3. The molecule has 1 saturated heterocycles. The number of carbonyl (C=O) groups excluding carboxylic acids is 2. The van der Waals surface area contributed by atoms with Crippen LogP contribution in [0.5, 0.6) is 0 Å². The maximum absolute atomic E-state index is 12.6. The Morgan fingerprint density at radius 1 is 1.23 bits per heavy atom. The lowest BCUT2D eigenvalue weighted by Gasteiger charge is -2.17. The number of benzene rings is 1. The number of carbonyl (C=O) groups is 2. The van der Waals surface area contributed by atoms with Crippen LogP contribution in [0.2, 0.25) is 0 Å². The van der Waals surface area contributed by atoms with E-state index in [1.807, 2.05) is 74.3 Å². The molecule has 0 radical (unpaired) electrons. The largest absolute Gasteiger partial charge is 0.447 e. The predicted molar refractivity (Wildman–Crippen MR) is 148 cm³/mol. The number of amides is 2. The lowest BCUT2D eigenvalue weighted by molar-refractivity contribution is -0.117. The number of H-pyrrole nitrogens is 1. The van der Waals surface area contributed by atoms with Crippen LogP contribution < -0.4 is 16.0 Å². The quantitative estimate of drug-likeness (QED) is 0.245. The predicted octanol–water partition coefficient (Wildman–Crippen LogP) is 3.80. The summed E-state index contributed by atoms with van der Waals surface area (Å²) < 4.78 is 6.91. The molecule has 39 heavy (non-hydrogen) atoms. The molecule has 13 heteroatoms. The van der Waals surface area contributed by atoms with Crippen LogP contribution in [0.3, 0.4) is 0 Å². The Hall–Kier alpha value is -4.10. The molecule has 1 atom stereocenters. The summed E-state index contributed by atoms with van der Waals surface area (Å²) in [7, 11) is 0. The highest BCUT2D eigenvalue weighted by atomic mass is 32.2. The molecule has 1 fully saturated rings. The van der Waals surface area contributed by atoms with Crippen molar-refractivity contribution in [3.8, 4) is 0 Å². The smallest absolute Gasteiger partial charge is 0.407 e. The summed E-state index contributed by atoms with van der Waals surface area (Å²) in [6.45, 7) is 7.15. The molecule has 12 nitrogen and oxygen atoms in total. The van der Waals surface area contributed by atoms with Crippen LogP contribution >= 0.6 is 11.8 Å². The maximum atomic E-state index is 12.6. The number of aromatic amines is 1. The van der Waals surface area contributed by atoms with Gasteiger partial charge in [0, 0.05) is 47.7 Å². The van der Waals surface area contributed by atoms with E-state index in [9.17, 15) is 9.59 Å². The summed E-state index contributed by atoms with van der Waals surface area (Å²) in [5, 5.41) is 21.4. The first kappa shape index (κ1) is 26.5. The molecule has 4 N–H and O–H groups in total. The Kier molecular flexibility index (Phi) is 7.98. The van der Waals surface area contributed by atoms with Crippen LogP contribution in [0, 0.1) is 6.92 Å². The molecule has 1 unspecified atom stereocenters. The fourth-order valence-electron chi connectivity index (χ4n) is 4.28. The Balaban J connectivity index is 1.15. The van der Waals surface area contributed by atoms with E-state index >= 15 is 0 Å². The van der Waals surface area contributed by atoms with Crippen LogP contribution in [-0.2, 0) is 9.53 Å². The molecular formula is C26H31N9O3S. The van der Waals surface area contributed by atoms with Gasteiger partial charge >= 0.3 is 6.09 Å². The third-order valence-corrected chi connectivity index (χ3v) is 6.84. The monoisotopic (exact) mass is 549 g/mol. The van der Waals surface area contributed by atoms with Crippen molar-refractivity contribution in [3.05, 3.63) is 54.4 Å². The highest BCUT2D eigenvalue weighted by molar-refractivity contribution is 7.99. The van der Waals surface area contributed by atoms with Crippen LogP contribution in [0.15, 0.2) is 58.7 Å². The van der Waals surface area contributed by atoms with Gasteiger partial charge in [-0.3, -0.25) is 14.8 Å². The number of likely N-dealkylation sites (tertiary alicyclic amines) is 1. The fraction of sp³-hybridized carbons (Fsp3) is 0.346. The van der Waals surface area contributed by atoms with Crippen LogP contribution in [0.1, 0.15) is 26.0 Å². The van der Waals surface area contributed by atoms with E-state index in [0.717, 1.165) is 29.1 Å². The lowest BCUT2D eigenvalue weighted by atomic mass is 10.3. The molecule has 204 valence electrons. The van der Waals surface area contributed by atoms with Crippen LogP contribution in [0.4, 0.5) is 22.1 Å². The highest BCUT2D eigenvalue weighted by Crippen LogP contribution is 2.29. The molecule has 5 rings (SSSR count). The van der Waals surface area contributed by atoms with Gasteiger partial charge in [-0.15, -0.1) is 5.10 Å². The average Bonchev–Trinajstić information content (AvgIpc) is 3.62. The number of ether oxygens (including phenoxy) is 1. The molecule has 1 aromatic carbocycles. The first-order valence-electron chi connectivity index (χ1n) is 12.7. The van der Waals surface area contributed by atoms with Gasteiger partial charge in [-0.1, -0.05) is 0 Å². The second-order valence-corrected chi connectivity index (χ2v) is 10.7. The molecule has 1 aliphatic rings. The second-order valence-electron chi connectivity index (χ2n) is 9.64. The van der Waals surface area contributed by atoms with Gasteiger partial charge in [0.25, 0.3) is 0 Å². The molecule has 4 aromatic rings. The third-order valence-electron chi connectivity index (χ3n) is 5.98. The van der Waals surface area contributed by atoms with Crippen molar-refractivity contribution < 1.29 is 14.3 Å². The molecule has 0 bridgehead atoms. The number of alkyl carbamates (subject to hydrolysis) is 1. The number of aromatic nitrogens is 5. The van der Waals surface area contributed by atoms with Crippen molar-refractivity contribution in [1.82, 2.24) is 35.0 Å². The summed E-state index contributed by atoms with van der Waals surface area (Å²) in [5.41, 5.74) is 2.50. The molecule has 0 saturated carbocycles. The molecule has 0 aliphatic carbocycles. The van der Waals surface area contributed by atoms with Gasteiger partial charge in [0.05, 0.1) is 12.6 Å². The number of hydrogen-bond acceptors (Lipinski definition) is 9. The minimum absolute atomic E-state index is 0.0209. The Morgan fingerprint density at radius 3 is 2.79 bits per heavy atom. The highest BCUT2D eigenvalue weighted by Gasteiger charge is 2.26. The van der Waals surface area contributed by atoms with E-state index in [2.05, 4.69) is 31.2 Å². The average molecular weight is 550 g/mol. The number of anilines is 3. The SMILES string of the molecule is Cc1cc(Nc2nc(Sc3ccc(NC(=O)CN4CCC(NC(=O)OC(C)C)C4)cc3)nn3cccc23)n[nH]1. The van der Waals surface area contributed by atoms with Crippen molar-refractivity contribution >= 4 is 46.6 Å².